The Kier molecular flexibility index (Phi) is 4.34. The van der Waals surface area contributed by atoms with E-state index in [0.717, 1.165) is 23.1 Å². The molecule has 5 nitrogen and oxygen atoms in total. The maximum absolute atomic E-state index is 5.17. The summed E-state index contributed by atoms with van der Waals surface area (Å²) in [7, 11) is 1.64. The molecule has 1 aromatic heterocycles. The molecule has 0 spiro atoms. The van der Waals surface area contributed by atoms with Crippen molar-refractivity contribution in [3.8, 4) is 5.75 Å². The molecular formula is C14H16N4O. The van der Waals surface area contributed by atoms with Crippen LogP contribution in [0.15, 0.2) is 49.3 Å². The quantitative estimate of drug-likeness (QED) is 0.778. The predicted molar refractivity (Wildman–Crippen MR) is 77.0 cm³/mol. The van der Waals surface area contributed by atoms with Crippen LogP contribution in [0.5, 0.6) is 5.75 Å². The van der Waals surface area contributed by atoms with Gasteiger partial charge in [0.05, 0.1) is 7.11 Å². The Morgan fingerprint density at radius 2 is 2.11 bits per heavy atom. The first kappa shape index (κ1) is 12.9. The molecule has 0 unspecified atom stereocenters. The van der Waals surface area contributed by atoms with Crippen LogP contribution in [-0.4, -0.2) is 23.6 Å². The fraction of sp³-hybridized carbons (Fsp3) is 0.143. The van der Waals surface area contributed by atoms with Crippen LogP contribution in [0.3, 0.4) is 0 Å². The molecule has 2 aromatic rings. The largest absolute Gasteiger partial charge is 0.497 e. The fourth-order valence-corrected chi connectivity index (χ4v) is 1.55. The summed E-state index contributed by atoms with van der Waals surface area (Å²) in [5, 5.41) is 6.31. The van der Waals surface area contributed by atoms with E-state index in [2.05, 4.69) is 27.2 Å². The zero-order valence-electron chi connectivity index (χ0n) is 10.8. The van der Waals surface area contributed by atoms with Gasteiger partial charge in [-0.05, 0) is 12.1 Å². The summed E-state index contributed by atoms with van der Waals surface area (Å²) in [6.07, 6.45) is 3.28. The van der Waals surface area contributed by atoms with Crippen molar-refractivity contribution >= 4 is 17.3 Å². The number of hydrogen-bond acceptors (Lipinski definition) is 5. The summed E-state index contributed by atoms with van der Waals surface area (Å²) in [4.78, 5) is 8.29. The molecule has 98 valence electrons. The van der Waals surface area contributed by atoms with Gasteiger partial charge in [-0.1, -0.05) is 12.1 Å². The van der Waals surface area contributed by atoms with Crippen molar-refractivity contribution in [2.24, 2.45) is 0 Å². The number of aromatic nitrogens is 2. The zero-order valence-corrected chi connectivity index (χ0v) is 10.8. The molecule has 0 fully saturated rings. The van der Waals surface area contributed by atoms with Gasteiger partial charge in [-0.15, -0.1) is 6.58 Å². The highest BCUT2D eigenvalue weighted by Gasteiger charge is 2.00. The molecule has 0 amide bonds. The first-order valence-corrected chi connectivity index (χ1v) is 5.89. The van der Waals surface area contributed by atoms with Crippen LogP contribution < -0.4 is 15.4 Å². The maximum atomic E-state index is 5.17. The SMILES string of the molecule is C=CCNc1cc(Nc2cccc(OC)c2)ncn1. The van der Waals surface area contributed by atoms with Crippen molar-refractivity contribution < 1.29 is 4.74 Å². The number of nitrogens with zero attached hydrogens (tertiary/aromatic N) is 2. The number of benzene rings is 1. The van der Waals surface area contributed by atoms with Crippen LogP contribution in [0.1, 0.15) is 0 Å². The molecule has 0 aliphatic rings. The molecule has 19 heavy (non-hydrogen) atoms. The molecule has 0 aliphatic carbocycles. The first-order chi connectivity index (χ1) is 9.31. The van der Waals surface area contributed by atoms with Crippen LogP contribution in [0.2, 0.25) is 0 Å². The monoisotopic (exact) mass is 256 g/mol. The molecule has 0 saturated carbocycles. The molecule has 0 bridgehead atoms. The van der Waals surface area contributed by atoms with Crippen molar-refractivity contribution in [2.45, 2.75) is 0 Å². The van der Waals surface area contributed by atoms with Gasteiger partial charge in [0.1, 0.15) is 23.7 Å². The second kappa shape index (κ2) is 6.39. The van der Waals surface area contributed by atoms with Crippen molar-refractivity contribution in [3.63, 3.8) is 0 Å². The molecule has 1 heterocycles. The summed E-state index contributed by atoms with van der Waals surface area (Å²) in [6.45, 7) is 4.31. The van der Waals surface area contributed by atoms with E-state index in [9.17, 15) is 0 Å². The Morgan fingerprint density at radius 3 is 2.89 bits per heavy atom. The second-order valence-corrected chi connectivity index (χ2v) is 3.82. The molecule has 5 heteroatoms. The standard InChI is InChI=1S/C14H16N4O/c1-3-7-15-13-9-14(17-10-16-13)18-11-5-4-6-12(8-11)19-2/h3-6,8-10H,1,7H2,2H3,(H2,15,16,17,18). The molecule has 0 saturated heterocycles. The van der Waals surface area contributed by atoms with Crippen LogP contribution in [0.4, 0.5) is 17.3 Å². The molecular weight excluding hydrogens is 240 g/mol. The lowest BCUT2D eigenvalue weighted by atomic mass is 10.3. The first-order valence-electron chi connectivity index (χ1n) is 5.89. The van der Waals surface area contributed by atoms with Gasteiger partial charge in [0.15, 0.2) is 0 Å². The molecule has 0 atom stereocenters. The van der Waals surface area contributed by atoms with E-state index >= 15 is 0 Å². The van der Waals surface area contributed by atoms with E-state index in [4.69, 9.17) is 4.74 Å². The number of rotatable bonds is 6. The minimum Gasteiger partial charge on any atom is -0.497 e. The third-order valence-electron chi connectivity index (χ3n) is 2.44. The Balaban J connectivity index is 2.11. The third-order valence-corrected chi connectivity index (χ3v) is 2.44. The minimum absolute atomic E-state index is 0.662. The van der Waals surface area contributed by atoms with E-state index < -0.39 is 0 Å². The van der Waals surface area contributed by atoms with E-state index in [1.54, 1.807) is 13.2 Å². The normalized spacial score (nSPS) is 9.74. The predicted octanol–water partition coefficient (Wildman–Crippen LogP) is 2.83. The lowest BCUT2D eigenvalue weighted by Crippen LogP contribution is -2.02. The topological polar surface area (TPSA) is 59.1 Å². The van der Waals surface area contributed by atoms with Crippen LogP contribution in [0.25, 0.3) is 0 Å². The Bertz CT molecular complexity index is 557. The highest BCUT2D eigenvalue weighted by molar-refractivity contribution is 5.60. The van der Waals surface area contributed by atoms with Crippen LogP contribution in [0, 0.1) is 0 Å². The number of nitrogens with one attached hydrogen (secondary N) is 2. The number of hydrogen-bond donors (Lipinski definition) is 2. The van der Waals surface area contributed by atoms with E-state index in [-0.39, 0.29) is 0 Å². The Morgan fingerprint density at radius 1 is 1.26 bits per heavy atom. The highest BCUT2D eigenvalue weighted by Crippen LogP contribution is 2.20. The van der Waals surface area contributed by atoms with Crippen LogP contribution >= 0.6 is 0 Å². The summed E-state index contributed by atoms with van der Waals surface area (Å²) >= 11 is 0. The number of ether oxygens (including phenoxy) is 1. The van der Waals surface area contributed by atoms with Crippen molar-refractivity contribution in [3.05, 3.63) is 49.3 Å². The zero-order chi connectivity index (χ0) is 13.5. The average Bonchev–Trinajstić information content (AvgIpc) is 2.46. The smallest absolute Gasteiger partial charge is 0.135 e. The van der Waals surface area contributed by atoms with E-state index in [0.29, 0.717) is 6.54 Å². The van der Waals surface area contributed by atoms with E-state index in [1.807, 2.05) is 30.3 Å². The minimum atomic E-state index is 0.662. The van der Waals surface area contributed by atoms with Gasteiger partial charge in [0.25, 0.3) is 0 Å². The van der Waals surface area contributed by atoms with Gasteiger partial charge < -0.3 is 15.4 Å². The molecule has 1 aromatic carbocycles. The average molecular weight is 256 g/mol. The van der Waals surface area contributed by atoms with E-state index in [1.165, 1.54) is 6.33 Å². The maximum Gasteiger partial charge on any atom is 0.135 e. The number of methoxy groups -OCH3 is 1. The second-order valence-electron chi connectivity index (χ2n) is 3.82. The van der Waals surface area contributed by atoms with Crippen molar-refractivity contribution in [2.75, 3.05) is 24.3 Å². The molecule has 2 rings (SSSR count). The summed E-state index contributed by atoms with van der Waals surface area (Å²) in [5.74, 6) is 2.26. The Hall–Kier alpha value is -2.56. The highest BCUT2D eigenvalue weighted by atomic mass is 16.5. The molecule has 2 N–H and O–H groups in total. The summed E-state index contributed by atoms with van der Waals surface area (Å²) in [5.41, 5.74) is 0.910. The summed E-state index contributed by atoms with van der Waals surface area (Å²) in [6, 6.07) is 9.49. The van der Waals surface area contributed by atoms with Gasteiger partial charge in [-0.3, -0.25) is 0 Å². The molecule has 0 aliphatic heterocycles. The van der Waals surface area contributed by atoms with Crippen molar-refractivity contribution in [1.29, 1.82) is 0 Å². The van der Waals surface area contributed by atoms with Gasteiger partial charge in [-0.2, -0.15) is 0 Å². The lowest BCUT2D eigenvalue weighted by molar-refractivity contribution is 0.415. The van der Waals surface area contributed by atoms with Gasteiger partial charge in [-0.25, -0.2) is 9.97 Å². The van der Waals surface area contributed by atoms with Crippen LogP contribution in [-0.2, 0) is 0 Å². The van der Waals surface area contributed by atoms with Gasteiger partial charge in [0.2, 0.25) is 0 Å². The third kappa shape index (κ3) is 3.70. The van der Waals surface area contributed by atoms with Gasteiger partial charge in [0, 0.05) is 24.4 Å². The lowest BCUT2D eigenvalue weighted by Gasteiger charge is -2.08. The fourth-order valence-electron chi connectivity index (χ4n) is 1.55. The number of anilines is 3. The Labute approximate surface area is 112 Å². The molecule has 0 radical (unpaired) electrons. The van der Waals surface area contributed by atoms with Gasteiger partial charge >= 0.3 is 0 Å². The van der Waals surface area contributed by atoms with Crippen molar-refractivity contribution in [1.82, 2.24) is 9.97 Å². The summed E-state index contributed by atoms with van der Waals surface area (Å²) < 4.78 is 5.17.